The minimum atomic E-state index is -0.276. The van der Waals surface area contributed by atoms with E-state index in [0.717, 1.165) is 50.8 Å². The van der Waals surface area contributed by atoms with Gasteiger partial charge in [-0.2, -0.15) is 0 Å². The predicted molar refractivity (Wildman–Crippen MR) is 113 cm³/mol. The first-order chi connectivity index (χ1) is 14.0. The number of aliphatic hydroxyl groups excluding tert-OH is 1. The number of nitrogens with zero attached hydrogens (tertiary/aromatic N) is 1. The van der Waals surface area contributed by atoms with Crippen molar-refractivity contribution in [2.75, 3.05) is 13.1 Å². The van der Waals surface area contributed by atoms with Gasteiger partial charge in [-0.3, -0.25) is 4.90 Å². The third-order valence-electron chi connectivity index (χ3n) is 6.97. The zero-order valence-electron chi connectivity index (χ0n) is 17.3. The van der Waals surface area contributed by atoms with E-state index in [1.807, 2.05) is 0 Å². The molecule has 4 rings (SSSR count). The van der Waals surface area contributed by atoms with Gasteiger partial charge in [0, 0.05) is 6.04 Å². The van der Waals surface area contributed by atoms with Crippen LogP contribution in [0.2, 0.25) is 0 Å². The molecule has 2 fully saturated rings. The second-order valence-corrected chi connectivity index (χ2v) is 8.97. The summed E-state index contributed by atoms with van der Waals surface area (Å²) in [5.74, 6) is -0.220. The average Bonchev–Trinajstić information content (AvgIpc) is 2.76. The van der Waals surface area contributed by atoms with E-state index in [1.165, 1.54) is 17.7 Å². The van der Waals surface area contributed by atoms with Crippen molar-refractivity contribution in [1.82, 2.24) is 4.90 Å². The minimum absolute atomic E-state index is 0.149. The molecule has 0 spiro atoms. The number of benzene rings is 2. The van der Waals surface area contributed by atoms with Crippen LogP contribution in [0.4, 0.5) is 4.39 Å². The quantitative estimate of drug-likeness (QED) is 0.795. The number of halogens is 1. The van der Waals surface area contributed by atoms with Crippen LogP contribution in [0.5, 0.6) is 0 Å². The summed E-state index contributed by atoms with van der Waals surface area (Å²) in [6.45, 7) is 4.89. The van der Waals surface area contributed by atoms with Crippen molar-refractivity contribution >= 4 is 0 Å². The van der Waals surface area contributed by atoms with Crippen LogP contribution in [0.1, 0.15) is 50.2 Å². The lowest BCUT2D eigenvalue weighted by Crippen LogP contribution is -2.53. The molecule has 0 amide bonds. The molecule has 29 heavy (non-hydrogen) atoms. The van der Waals surface area contributed by atoms with Crippen LogP contribution in [0.25, 0.3) is 0 Å². The van der Waals surface area contributed by atoms with Crippen LogP contribution < -0.4 is 0 Å². The number of hydrogen-bond acceptors (Lipinski definition) is 3. The number of likely N-dealkylation sites (tertiary alicyclic amines) is 1. The third kappa shape index (κ3) is 4.88. The maximum Gasteiger partial charge on any atom is 0.123 e. The zero-order chi connectivity index (χ0) is 20.3. The molecule has 0 radical (unpaired) electrons. The average molecular weight is 398 g/mol. The highest BCUT2D eigenvalue weighted by molar-refractivity contribution is 5.25. The maximum atomic E-state index is 13.1. The van der Waals surface area contributed by atoms with Gasteiger partial charge in [0.2, 0.25) is 0 Å². The summed E-state index contributed by atoms with van der Waals surface area (Å²) in [5, 5.41) is 10.7. The second-order valence-electron chi connectivity index (χ2n) is 8.97. The minimum Gasteiger partial charge on any atom is -0.391 e. The fraction of sp³-hybridized carbons (Fsp3) is 0.520. The Balaban J connectivity index is 1.32. The van der Waals surface area contributed by atoms with Gasteiger partial charge >= 0.3 is 0 Å². The summed E-state index contributed by atoms with van der Waals surface area (Å²) in [4.78, 5) is 2.47. The molecule has 0 bridgehead atoms. The van der Waals surface area contributed by atoms with E-state index in [1.54, 1.807) is 12.1 Å². The van der Waals surface area contributed by atoms with Gasteiger partial charge in [-0.05, 0) is 73.9 Å². The first-order valence-corrected chi connectivity index (χ1v) is 10.9. The van der Waals surface area contributed by atoms with Gasteiger partial charge in [0.25, 0.3) is 0 Å². The number of hydrogen-bond donors (Lipinski definition) is 1. The normalized spacial score (nSPS) is 27.6. The summed E-state index contributed by atoms with van der Waals surface area (Å²) < 4.78 is 19.2. The largest absolute Gasteiger partial charge is 0.391 e. The van der Waals surface area contributed by atoms with Crippen molar-refractivity contribution in [2.45, 2.75) is 69.3 Å². The Labute approximate surface area is 173 Å². The summed E-state index contributed by atoms with van der Waals surface area (Å²) in [6.07, 6.45) is 4.63. The summed E-state index contributed by atoms with van der Waals surface area (Å²) in [7, 11) is 0. The van der Waals surface area contributed by atoms with E-state index >= 15 is 0 Å². The van der Waals surface area contributed by atoms with Crippen molar-refractivity contribution in [3.05, 3.63) is 71.5 Å². The summed E-state index contributed by atoms with van der Waals surface area (Å²) in [5.41, 5.74) is 2.63. The van der Waals surface area contributed by atoms with Gasteiger partial charge in [0.05, 0.1) is 18.8 Å². The molecule has 1 saturated heterocycles. The molecular formula is C25H32FNO2. The van der Waals surface area contributed by atoms with E-state index in [2.05, 4.69) is 42.2 Å². The molecule has 0 unspecified atom stereocenters. The first-order valence-electron chi connectivity index (χ1n) is 10.9. The number of aliphatic hydroxyl groups is 1. The Morgan fingerprint density at radius 3 is 2.41 bits per heavy atom. The van der Waals surface area contributed by atoms with Crippen LogP contribution >= 0.6 is 0 Å². The SMILES string of the molecule is CC1(c2ccccc2)CCN([C@@H]2C[C@@H](OCc3ccc(F)cc3)CC[C@H]2O)CC1. The molecule has 1 saturated carbocycles. The van der Waals surface area contributed by atoms with E-state index in [4.69, 9.17) is 4.74 Å². The van der Waals surface area contributed by atoms with Gasteiger partial charge in [-0.25, -0.2) is 4.39 Å². The molecule has 2 aliphatic rings. The van der Waals surface area contributed by atoms with E-state index < -0.39 is 0 Å². The molecule has 3 nitrogen and oxygen atoms in total. The molecular weight excluding hydrogens is 365 g/mol. The molecule has 1 aliphatic carbocycles. The van der Waals surface area contributed by atoms with Crippen molar-refractivity contribution < 1.29 is 14.2 Å². The monoisotopic (exact) mass is 397 g/mol. The van der Waals surface area contributed by atoms with Gasteiger partial charge in [-0.15, -0.1) is 0 Å². The molecule has 1 aliphatic heterocycles. The molecule has 4 heteroatoms. The third-order valence-corrected chi connectivity index (χ3v) is 6.97. The highest BCUT2D eigenvalue weighted by Gasteiger charge is 2.38. The standard InChI is InChI=1S/C25H32FNO2/c1-25(20-5-3-2-4-6-20)13-15-27(16-14-25)23-17-22(11-12-24(23)28)29-18-19-7-9-21(26)10-8-19/h2-10,22-24,28H,11-18H2,1H3/t22-,23+,24+/m0/s1. The van der Waals surface area contributed by atoms with E-state index in [0.29, 0.717) is 6.61 Å². The first kappa shape index (κ1) is 20.5. The lowest BCUT2D eigenvalue weighted by molar-refractivity contribution is -0.0655. The van der Waals surface area contributed by atoms with Gasteiger partial charge in [0.15, 0.2) is 0 Å². The summed E-state index contributed by atoms with van der Waals surface area (Å²) in [6, 6.07) is 17.5. The zero-order valence-corrected chi connectivity index (χ0v) is 17.3. The van der Waals surface area contributed by atoms with Crippen molar-refractivity contribution in [1.29, 1.82) is 0 Å². The second kappa shape index (κ2) is 8.95. The number of ether oxygens (including phenoxy) is 1. The maximum absolute atomic E-state index is 13.1. The molecule has 3 atom stereocenters. The van der Waals surface area contributed by atoms with Gasteiger partial charge in [0.1, 0.15) is 5.82 Å². The number of rotatable bonds is 5. The molecule has 1 N–H and O–H groups in total. The van der Waals surface area contributed by atoms with Crippen molar-refractivity contribution in [3.8, 4) is 0 Å². The predicted octanol–water partition coefficient (Wildman–Crippen LogP) is 4.68. The Bertz CT molecular complexity index is 771. The van der Waals surface area contributed by atoms with Gasteiger partial charge < -0.3 is 9.84 Å². The van der Waals surface area contributed by atoms with E-state index in [9.17, 15) is 9.50 Å². The Morgan fingerprint density at radius 2 is 1.72 bits per heavy atom. The molecule has 1 heterocycles. The Morgan fingerprint density at radius 1 is 1.03 bits per heavy atom. The lowest BCUT2D eigenvalue weighted by atomic mass is 9.74. The highest BCUT2D eigenvalue weighted by atomic mass is 19.1. The molecule has 0 aromatic heterocycles. The van der Waals surface area contributed by atoms with Crippen LogP contribution in [-0.2, 0) is 16.8 Å². The van der Waals surface area contributed by atoms with Crippen LogP contribution in [0, 0.1) is 5.82 Å². The van der Waals surface area contributed by atoms with E-state index in [-0.39, 0.29) is 29.5 Å². The smallest absolute Gasteiger partial charge is 0.123 e. The molecule has 2 aromatic rings. The molecule has 156 valence electrons. The van der Waals surface area contributed by atoms with Crippen LogP contribution in [0.3, 0.4) is 0 Å². The lowest BCUT2D eigenvalue weighted by Gasteiger charge is -2.46. The Kier molecular flexibility index (Phi) is 6.33. The van der Waals surface area contributed by atoms with Crippen molar-refractivity contribution in [2.24, 2.45) is 0 Å². The molecule has 2 aromatic carbocycles. The summed E-state index contributed by atoms with van der Waals surface area (Å²) >= 11 is 0. The fourth-order valence-electron chi connectivity index (χ4n) is 4.91. The van der Waals surface area contributed by atoms with Gasteiger partial charge in [-0.1, -0.05) is 49.4 Å². The number of piperidine rings is 1. The Hall–Kier alpha value is -1.75. The van der Waals surface area contributed by atoms with Crippen molar-refractivity contribution in [3.63, 3.8) is 0 Å². The topological polar surface area (TPSA) is 32.7 Å². The van der Waals surface area contributed by atoms with Crippen LogP contribution in [0.15, 0.2) is 54.6 Å². The van der Waals surface area contributed by atoms with Crippen LogP contribution in [-0.4, -0.2) is 41.3 Å². The fourth-order valence-corrected chi connectivity index (χ4v) is 4.91. The highest BCUT2D eigenvalue weighted by Crippen LogP contribution is 2.37.